The van der Waals surface area contributed by atoms with E-state index in [4.69, 9.17) is 0 Å². The molecule has 3 aromatic heterocycles. The summed E-state index contributed by atoms with van der Waals surface area (Å²) >= 11 is 0. The highest BCUT2D eigenvalue weighted by molar-refractivity contribution is 6.23. The SMILES string of the molecule is CCc1cc2ncc(CN3CCN(c4ccc(C(=O)NC5CCC(Nc6cc7c(cc6F)C(=O)N(C6CCC(=O)NC6=O)C7=O)CC5)nc4)CC3)cc2[nH]c1=O. The number of aryl methyl sites for hydroxylation is 1. The Labute approximate surface area is 321 Å². The Morgan fingerprint density at radius 1 is 0.875 bits per heavy atom. The molecule has 4 aromatic rings. The van der Waals surface area contributed by atoms with Gasteiger partial charge in [-0.2, -0.15) is 0 Å². The normalized spacial score (nSPS) is 21.6. The van der Waals surface area contributed by atoms with Gasteiger partial charge in [0.1, 0.15) is 17.6 Å². The van der Waals surface area contributed by atoms with Crippen molar-refractivity contribution in [1.29, 1.82) is 0 Å². The molecule has 4 aliphatic rings. The molecule has 1 aromatic carbocycles. The van der Waals surface area contributed by atoms with Crippen molar-refractivity contribution in [3.05, 3.63) is 92.9 Å². The van der Waals surface area contributed by atoms with Crippen LogP contribution in [0.1, 0.15) is 87.8 Å². The Hall–Kier alpha value is -6.03. The number of nitrogens with zero attached hydrogens (tertiary/aromatic N) is 5. The third-order valence-electron chi connectivity index (χ3n) is 11.3. The molecule has 1 aliphatic carbocycles. The van der Waals surface area contributed by atoms with E-state index in [-0.39, 0.29) is 53.2 Å². The van der Waals surface area contributed by atoms with Gasteiger partial charge in [0, 0.05) is 63.0 Å². The number of hydrogen-bond acceptors (Lipinski definition) is 11. The number of piperidine rings is 1. The van der Waals surface area contributed by atoms with Gasteiger partial charge in [-0.1, -0.05) is 6.92 Å². The van der Waals surface area contributed by atoms with Gasteiger partial charge in [0.15, 0.2) is 0 Å². The zero-order valence-electron chi connectivity index (χ0n) is 30.9. The summed E-state index contributed by atoms with van der Waals surface area (Å²) in [5.74, 6) is -3.61. The molecule has 0 spiro atoms. The number of anilines is 2. The molecule has 8 rings (SSSR count). The van der Waals surface area contributed by atoms with Crippen molar-refractivity contribution in [2.24, 2.45) is 0 Å². The van der Waals surface area contributed by atoms with Crippen LogP contribution in [0.15, 0.2) is 53.6 Å². The Morgan fingerprint density at radius 3 is 2.30 bits per heavy atom. The number of aromatic amines is 1. The molecule has 6 heterocycles. The summed E-state index contributed by atoms with van der Waals surface area (Å²) in [5.41, 5.74) is 4.47. The second-order valence-electron chi connectivity index (χ2n) is 14.9. The van der Waals surface area contributed by atoms with Crippen molar-refractivity contribution >= 4 is 51.9 Å². The number of benzene rings is 1. The lowest BCUT2D eigenvalue weighted by atomic mass is 9.90. The van der Waals surface area contributed by atoms with E-state index < -0.39 is 35.5 Å². The maximum atomic E-state index is 15.2. The van der Waals surface area contributed by atoms with Crippen LogP contribution in [0.5, 0.6) is 0 Å². The molecule has 0 bridgehead atoms. The maximum absolute atomic E-state index is 15.2. The quantitative estimate of drug-likeness (QED) is 0.184. The van der Waals surface area contributed by atoms with Crippen LogP contribution in [-0.2, 0) is 22.6 Å². The first kappa shape index (κ1) is 36.9. The van der Waals surface area contributed by atoms with E-state index in [1.807, 2.05) is 31.3 Å². The van der Waals surface area contributed by atoms with Crippen LogP contribution in [0.25, 0.3) is 11.0 Å². The average molecular weight is 764 g/mol. The Bertz CT molecular complexity index is 2300. The molecule has 0 radical (unpaired) electrons. The van der Waals surface area contributed by atoms with Crippen LogP contribution >= 0.6 is 0 Å². The lowest BCUT2D eigenvalue weighted by molar-refractivity contribution is -0.136. The molecule has 290 valence electrons. The molecule has 1 atom stereocenters. The van der Waals surface area contributed by atoms with E-state index in [2.05, 4.69) is 40.7 Å². The van der Waals surface area contributed by atoms with Crippen LogP contribution in [0.3, 0.4) is 0 Å². The maximum Gasteiger partial charge on any atom is 0.270 e. The highest BCUT2D eigenvalue weighted by Crippen LogP contribution is 2.33. The van der Waals surface area contributed by atoms with Crippen molar-refractivity contribution in [1.82, 2.24) is 35.4 Å². The van der Waals surface area contributed by atoms with E-state index in [0.717, 1.165) is 71.5 Å². The highest BCUT2D eigenvalue weighted by atomic mass is 19.1. The van der Waals surface area contributed by atoms with Crippen LogP contribution in [-0.4, -0.2) is 98.6 Å². The van der Waals surface area contributed by atoms with E-state index in [9.17, 15) is 28.8 Å². The third kappa shape index (κ3) is 7.35. The van der Waals surface area contributed by atoms with Gasteiger partial charge in [-0.05, 0) is 80.5 Å². The second-order valence-corrected chi connectivity index (χ2v) is 14.9. The summed E-state index contributed by atoms with van der Waals surface area (Å²) in [6, 6.07) is 8.49. The molecule has 16 heteroatoms. The van der Waals surface area contributed by atoms with Crippen molar-refractivity contribution in [2.75, 3.05) is 36.4 Å². The zero-order chi connectivity index (χ0) is 39.1. The number of halogens is 1. The molecule has 1 unspecified atom stereocenters. The van der Waals surface area contributed by atoms with Crippen molar-refractivity contribution < 1.29 is 28.4 Å². The number of amides is 5. The molecule has 56 heavy (non-hydrogen) atoms. The molecule has 3 aliphatic heterocycles. The topological polar surface area (TPSA) is 190 Å². The van der Waals surface area contributed by atoms with Crippen molar-refractivity contribution in [3.8, 4) is 0 Å². The monoisotopic (exact) mass is 763 g/mol. The Morgan fingerprint density at radius 2 is 1.61 bits per heavy atom. The number of carbonyl (C=O) groups excluding carboxylic acids is 5. The molecule has 3 fully saturated rings. The molecule has 1 saturated carbocycles. The number of nitrogens with one attached hydrogen (secondary N) is 4. The molecule has 15 nitrogen and oxygen atoms in total. The summed E-state index contributed by atoms with van der Waals surface area (Å²) in [6.07, 6.45) is 6.82. The van der Waals surface area contributed by atoms with Crippen molar-refractivity contribution in [3.63, 3.8) is 0 Å². The van der Waals surface area contributed by atoms with Gasteiger partial charge in [0.2, 0.25) is 11.8 Å². The van der Waals surface area contributed by atoms with Gasteiger partial charge >= 0.3 is 0 Å². The standard InChI is InChI=1S/C40H42FN9O6/c1-2-23-16-32-33(46-36(23)52)15-22(19-42-32)21-48-11-13-49(14-12-48)26-7-8-30(43-20-26)37(53)45-25-5-3-24(4-6-25)44-31-18-28-27(17-29(31)41)39(55)50(40(28)56)34-9-10-35(51)47-38(34)54/h7-8,15-20,24-25,34,44H,2-6,9-14,21H2,1H3,(H,45,53)(H,46,52)(H,47,51,54). The van der Waals surface area contributed by atoms with Gasteiger partial charge in [-0.15, -0.1) is 0 Å². The first-order valence-corrected chi connectivity index (χ1v) is 19.1. The predicted octanol–water partition coefficient (Wildman–Crippen LogP) is 2.90. The number of rotatable bonds is 9. The number of fused-ring (bicyclic) bond motifs is 2. The smallest absolute Gasteiger partial charge is 0.270 e. The number of carbonyl (C=O) groups is 5. The van der Waals surface area contributed by atoms with E-state index in [0.29, 0.717) is 37.8 Å². The minimum atomic E-state index is -1.13. The van der Waals surface area contributed by atoms with E-state index in [1.165, 1.54) is 6.07 Å². The van der Waals surface area contributed by atoms with E-state index >= 15 is 4.39 Å². The first-order chi connectivity index (χ1) is 27.0. The van der Waals surface area contributed by atoms with Gasteiger partial charge in [-0.25, -0.2) is 9.37 Å². The minimum Gasteiger partial charge on any atom is -0.380 e. The fraction of sp³-hybridized carbons (Fsp3) is 0.400. The highest BCUT2D eigenvalue weighted by Gasteiger charge is 2.45. The summed E-state index contributed by atoms with van der Waals surface area (Å²) in [6.45, 7) is 5.95. The summed E-state index contributed by atoms with van der Waals surface area (Å²) < 4.78 is 15.2. The van der Waals surface area contributed by atoms with Crippen LogP contribution < -0.4 is 26.4 Å². The first-order valence-electron chi connectivity index (χ1n) is 19.1. The van der Waals surface area contributed by atoms with Crippen LogP contribution in [0.2, 0.25) is 0 Å². The van der Waals surface area contributed by atoms with Crippen molar-refractivity contribution in [2.45, 2.75) is 76.5 Å². The minimum absolute atomic E-state index is 0.00448. The van der Waals surface area contributed by atoms with Gasteiger partial charge in [0.05, 0.1) is 39.7 Å². The fourth-order valence-corrected chi connectivity index (χ4v) is 8.11. The van der Waals surface area contributed by atoms with Gasteiger partial charge < -0.3 is 20.5 Å². The third-order valence-corrected chi connectivity index (χ3v) is 11.3. The number of piperazine rings is 1. The summed E-state index contributed by atoms with van der Waals surface area (Å²) in [5, 5.41) is 8.39. The molecular weight excluding hydrogens is 721 g/mol. The second kappa shape index (κ2) is 15.2. The lowest BCUT2D eigenvalue weighted by Gasteiger charge is -2.36. The number of aromatic nitrogens is 3. The molecule has 2 saturated heterocycles. The molecule has 5 amide bonds. The Kier molecular flexibility index (Phi) is 10.1. The molecular formula is C40H42FN9O6. The fourth-order valence-electron chi connectivity index (χ4n) is 8.11. The average Bonchev–Trinajstić information content (AvgIpc) is 3.43. The van der Waals surface area contributed by atoms with Gasteiger partial charge in [0.25, 0.3) is 23.3 Å². The molecule has 4 N–H and O–H groups in total. The van der Waals surface area contributed by atoms with Crippen LogP contribution in [0.4, 0.5) is 15.8 Å². The summed E-state index contributed by atoms with van der Waals surface area (Å²) in [7, 11) is 0. The van der Waals surface area contributed by atoms with Gasteiger partial charge in [-0.3, -0.25) is 48.9 Å². The van der Waals surface area contributed by atoms with E-state index in [1.54, 1.807) is 12.3 Å². The summed E-state index contributed by atoms with van der Waals surface area (Å²) in [4.78, 5) is 92.9. The number of hydrogen-bond donors (Lipinski definition) is 4. The zero-order valence-corrected chi connectivity index (χ0v) is 30.9. The Balaban J connectivity index is 0.799. The number of pyridine rings is 3. The van der Waals surface area contributed by atoms with Crippen LogP contribution in [0, 0.1) is 5.82 Å². The largest absolute Gasteiger partial charge is 0.380 e. The predicted molar refractivity (Wildman–Crippen MR) is 204 cm³/mol. The lowest BCUT2D eigenvalue weighted by Crippen LogP contribution is -2.54. The number of imide groups is 2. The number of H-pyrrole nitrogens is 1.